The van der Waals surface area contributed by atoms with E-state index in [1.807, 2.05) is 17.2 Å². The zero-order valence-electron chi connectivity index (χ0n) is 17.9. The van der Waals surface area contributed by atoms with Crippen LogP contribution in [0.4, 0.5) is 9.39 Å². The third-order valence-electron chi connectivity index (χ3n) is 4.68. The number of amides is 1. The number of ether oxygens (including phenoxy) is 1. The van der Waals surface area contributed by atoms with E-state index in [-0.39, 0.29) is 24.3 Å². The fourth-order valence-corrected chi connectivity index (χ4v) is 4.38. The van der Waals surface area contributed by atoms with Gasteiger partial charge >= 0.3 is 5.97 Å². The SMILES string of the molecule is CCOC(=O)c1sc(NC(=O)CN(C)[C@@H](c2cccc(F)c2)c2cnn(C)c2)cc1C. The smallest absolute Gasteiger partial charge is 0.348 e. The van der Waals surface area contributed by atoms with Gasteiger partial charge in [0.2, 0.25) is 5.91 Å². The Balaban J connectivity index is 1.76. The van der Waals surface area contributed by atoms with Crippen molar-refractivity contribution in [3.8, 4) is 0 Å². The van der Waals surface area contributed by atoms with Crippen LogP contribution in [0.3, 0.4) is 0 Å². The fourth-order valence-electron chi connectivity index (χ4n) is 3.40. The minimum Gasteiger partial charge on any atom is -0.462 e. The molecular formula is C22H25FN4O3S. The zero-order valence-corrected chi connectivity index (χ0v) is 18.7. The molecular weight excluding hydrogens is 419 g/mol. The molecule has 0 unspecified atom stereocenters. The second-order valence-corrected chi connectivity index (χ2v) is 8.26. The van der Waals surface area contributed by atoms with Gasteiger partial charge in [-0.2, -0.15) is 5.10 Å². The van der Waals surface area contributed by atoms with E-state index in [9.17, 15) is 14.0 Å². The van der Waals surface area contributed by atoms with Gasteiger partial charge < -0.3 is 10.1 Å². The van der Waals surface area contributed by atoms with Gasteiger partial charge in [0.05, 0.1) is 30.4 Å². The van der Waals surface area contributed by atoms with Gasteiger partial charge in [0, 0.05) is 18.8 Å². The molecule has 0 aliphatic carbocycles. The lowest BCUT2D eigenvalue weighted by molar-refractivity contribution is -0.117. The number of rotatable bonds is 8. The molecule has 31 heavy (non-hydrogen) atoms. The number of thiophene rings is 1. The van der Waals surface area contributed by atoms with E-state index in [0.717, 1.165) is 16.7 Å². The summed E-state index contributed by atoms with van der Waals surface area (Å²) < 4.78 is 20.6. The lowest BCUT2D eigenvalue weighted by Gasteiger charge is -2.27. The second kappa shape index (κ2) is 9.84. The van der Waals surface area contributed by atoms with Gasteiger partial charge in [0.1, 0.15) is 10.7 Å². The normalized spacial score (nSPS) is 12.1. The number of anilines is 1. The predicted octanol–water partition coefficient (Wildman–Crippen LogP) is 3.77. The number of nitrogens with zero attached hydrogens (tertiary/aromatic N) is 3. The van der Waals surface area contributed by atoms with Crippen molar-refractivity contribution in [1.82, 2.24) is 14.7 Å². The van der Waals surface area contributed by atoms with Gasteiger partial charge in [0.25, 0.3) is 0 Å². The molecule has 164 valence electrons. The number of esters is 1. The summed E-state index contributed by atoms with van der Waals surface area (Å²) in [4.78, 5) is 27.0. The summed E-state index contributed by atoms with van der Waals surface area (Å²) in [5, 5.41) is 7.62. The van der Waals surface area contributed by atoms with Crippen molar-refractivity contribution in [1.29, 1.82) is 0 Å². The quantitative estimate of drug-likeness (QED) is 0.536. The number of halogens is 1. The minimum atomic E-state index is -0.398. The van der Waals surface area contributed by atoms with E-state index in [1.165, 1.54) is 23.5 Å². The van der Waals surface area contributed by atoms with Crippen molar-refractivity contribution >= 4 is 28.2 Å². The van der Waals surface area contributed by atoms with Crippen molar-refractivity contribution < 1.29 is 18.7 Å². The molecule has 2 heterocycles. The summed E-state index contributed by atoms with van der Waals surface area (Å²) in [6.07, 6.45) is 3.55. The molecule has 0 aliphatic heterocycles. The Hall–Kier alpha value is -3.04. The lowest BCUT2D eigenvalue weighted by atomic mass is 10.00. The highest BCUT2D eigenvalue weighted by Gasteiger charge is 2.24. The summed E-state index contributed by atoms with van der Waals surface area (Å²) in [5.74, 6) is -0.986. The highest BCUT2D eigenvalue weighted by molar-refractivity contribution is 7.18. The largest absolute Gasteiger partial charge is 0.462 e. The maximum Gasteiger partial charge on any atom is 0.348 e. The van der Waals surface area contributed by atoms with Gasteiger partial charge in [-0.25, -0.2) is 9.18 Å². The average Bonchev–Trinajstić information content (AvgIpc) is 3.27. The molecule has 1 N–H and O–H groups in total. The van der Waals surface area contributed by atoms with Crippen molar-refractivity contribution in [3.63, 3.8) is 0 Å². The number of carbonyl (C=O) groups excluding carboxylic acids is 2. The lowest BCUT2D eigenvalue weighted by Crippen LogP contribution is -2.33. The summed E-state index contributed by atoms with van der Waals surface area (Å²) in [6, 6.07) is 7.71. The molecule has 0 radical (unpaired) electrons. The standard InChI is InChI=1S/C22H25FN4O3S/c1-5-30-22(29)21-14(2)9-19(31-21)25-18(28)13-26(3)20(16-11-24-27(4)12-16)15-7-6-8-17(23)10-15/h6-12,20H,5,13H2,1-4H3,(H,25,28)/t20-/m0/s1. The topological polar surface area (TPSA) is 76.5 Å². The third kappa shape index (κ3) is 5.56. The first-order valence-electron chi connectivity index (χ1n) is 9.80. The molecule has 0 saturated heterocycles. The Kier molecular flexibility index (Phi) is 7.19. The monoisotopic (exact) mass is 444 g/mol. The van der Waals surface area contributed by atoms with Gasteiger partial charge in [-0.05, 0) is 50.2 Å². The molecule has 0 bridgehead atoms. The maximum atomic E-state index is 13.9. The second-order valence-electron chi connectivity index (χ2n) is 7.21. The molecule has 9 heteroatoms. The van der Waals surface area contributed by atoms with Gasteiger partial charge in [-0.1, -0.05) is 12.1 Å². The number of hydrogen-bond donors (Lipinski definition) is 1. The predicted molar refractivity (Wildman–Crippen MR) is 118 cm³/mol. The number of aryl methyl sites for hydroxylation is 2. The van der Waals surface area contributed by atoms with E-state index < -0.39 is 5.97 Å². The molecule has 0 aliphatic rings. The Morgan fingerprint density at radius 2 is 2.10 bits per heavy atom. The van der Waals surface area contributed by atoms with E-state index in [1.54, 1.807) is 51.0 Å². The molecule has 1 aromatic carbocycles. The van der Waals surface area contributed by atoms with Crippen LogP contribution in [0.5, 0.6) is 0 Å². The molecule has 1 atom stereocenters. The molecule has 1 amide bonds. The summed E-state index contributed by atoms with van der Waals surface area (Å²) in [5.41, 5.74) is 2.32. The molecule has 0 fully saturated rings. The zero-order chi connectivity index (χ0) is 22.5. The van der Waals surface area contributed by atoms with Crippen LogP contribution in [0.2, 0.25) is 0 Å². The van der Waals surface area contributed by atoms with E-state index in [0.29, 0.717) is 16.5 Å². The van der Waals surface area contributed by atoms with Crippen LogP contribution in [0.1, 0.15) is 39.3 Å². The summed E-state index contributed by atoms with van der Waals surface area (Å²) in [6.45, 7) is 3.89. The average molecular weight is 445 g/mol. The number of benzene rings is 1. The molecule has 7 nitrogen and oxygen atoms in total. The molecule has 0 spiro atoms. The Morgan fingerprint density at radius 3 is 2.74 bits per heavy atom. The third-order valence-corrected chi connectivity index (χ3v) is 5.81. The maximum absolute atomic E-state index is 13.9. The van der Waals surface area contributed by atoms with Crippen LogP contribution >= 0.6 is 11.3 Å². The van der Waals surface area contributed by atoms with Crippen molar-refractivity contribution in [3.05, 3.63) is 70.1 Å². The van der Waals surface area contributed by atoms with Crippen LogP contribution < -0.4 is 5.32 Å². The molecule has 3 aromatic rings. The number of nitrogens with one attached hydrogen (secondary N) is 1. The number of hydrogen-bond acceptors (Lipinski definition) is 6. The van der Waals surface area contributed by atoms with Crippen LogP contribution in [-0.4, -0.2) is 46.8 Å². The highest BCUT2D eigenvalue weighted by Crippen LogP contribution is 2.29. The fraction of sp³-hybridized carbons (Fsp3) is 0.318. The van der Waals surface area contributed by atoms with E-state index in [2.05, 4.69) is 10.4 Å². The van der Waals surface area contributed by atoms with Gasteiger partial charge in [-0.15, -0.1) is 11.3 Å². The highest BCUT2D eigenvalue weighted by atomic mass is 32.1. The van der Waals surface area contributed by atoms with Gasteiger partial charge in [-0.3, -0.25) is 14.4 Å². The minimum absolute atomic E-state index is 0.0573. The van der Waals surface area contributed by atoms with Crippen LogP contribution in [-0.2, 0) is 16.6 Å². The first-order valence-corrected chi connectivity index (χ1v) is 10.6. The van der Waals surface area contributed by atoms with E-state index in [4.69, 9.17) is 4.74 Å². The van der Waals surface area contributed by atoms with E-state index >= 15 is 0 Å². The van der Waals surface area contributed by atoms with Crippen LogP contribution in [0.25, 0.3) is 0 Å². The first-order chi connectivity index (χ1) is 14.8. The number of aromatic nitrogens is 2. The van der Waals surface area contributed by atoms with Crippen molar-refractivity contribution in [2.75, 3.05) is 25.5 Å². The first kappa shape index (κ1) is 22.6. The van der Waals surface area contributed by atoms with Gasteiger partial charge in [0.15, 0.2) is 0 Å². The Bertz CT molecular complexity index is 1080. The number of likely N-dealkylation sites (N-methyl/N-ethyl adjacent to an activating group) is 1. The Labute approximate surface area is 184 Å². The van der Waals surface area contributed by atoms with Crippen molar-refractivity contribution in [2.24, 2.45) is 7.05 Å². The molecule has 3 rings (SSSR count). The van der Waals surface area contributed by atoms with Crippen LogP contribution in [0.15, 0.2) is 42.7 Å². The summed E-state index contributed by atoms with van der Waals surface area (Å²) >= 11 is 1.18. The molecule has 0 saturated carbocycles. The van der Waals surface area contributed by atoms with Crippen molar-refractivity contribution in [2.45, 2.75) is 19.9 Å². The number of carbonyl (C=O) groups is 2. The Morgan fingerprint density at radius 1 is 1.32 bits per heavy atom. The molecule has 2 aromatic heterocycles. The summed E-state index contributed by atoms with van der Waals surface area (Å²) in [7, 11) is 3.60. The van der Waals surface area contributed by atoms with Crippen LogP contribution in [0, 0.1) is 12.7 Å².